The minimum Gasteiger partial charge on any atom is -0.338 e. The highest BCUT2D eigenvalue weighted by Crippen LogP contribution is 2.36. The Labute approximate surface area is 154 Å². The van der Waals surface area contributed by atoms with E-state index in [0.717, 1.165) is 37.8 Å². The van der Waals surface area contributed by atoms with E-state index in [4.69, 9.17) is 4.98 Å². The van der Waals surface area contributed by atoms with Gasteiger partial charge in [0, 0.05) is 55.5 Å². The fourth-order valence-electron chi connectivity index (χ4n) is 4.73. The molecule has 2 atom stereocenters. The number of fused-ring (bicyclic) bond motifs is 1. The average Bonchev–Trinajstić information content (AvgIpc) is 3.35. The van der Waals surface area contributed by atoms with Crippen LogP contribution in [0.4, 0.5) is 5.95 Å². The maximum atomic E-state index is 12.5. The summed E-state index contributed by atoms with van der Waals surface area (Å²) in [6.45, 7) is 2.81. The Morgan fingerprint density at radius 2 is 2.12 bits per heavy atom. The molecule has 0 bridgehead atoms. The minimum absolute atomic E-state index is 0.323. The SMILES string of the molecule is CSCCC(=O)N1CC[C@H]2CN(c3nccc(C4CCCC4)n3)C[C@H]21. The summed E-state index contributed by atoms with van der Waals surface area (Å²) in [6, 6.07) is 2.45. The van der Waals surface area contributed by atoms with Gasteiger partial charge in [-0.1, -0.05) is 12.8 Å². The van der Waals surface area contributed by atoms with Crippen molar-refractivity contribution in [3.05, 3.63) is 18.0 Å². The van der Waals surface area contributed by atoms with E-state index in [9.17, 15) is 4.79 Å². The molecule has 1 aromatic rings. The van der Waals surface area contributed by atoms with Crippen LogP contribution < -0.4 is 4.90 Å². The van der Waals surface area contributed by atoms with Crippen molar-refractivity contribution in [1.29, 1.82) is 0 Å². The third-order valence-corrected chi connectivity index (χ3v) is 6.72. The van der Waals surface area contributed by atoms with Crippen LogP contribution in [0.3, 0.4) is 0 Å². The first-order valence-electron chi connectivity index (χ1n) is 9.62. The highest BCUT2D eigenvalue weighted by atomic mass is 32.2. The summed E-state index contributed by atoms with van der Waals surface area (Å²) in [4.78, 5) is 26.4. The summed E-state index contributed by atoms with van der Waals surface area (Å²) in [6.07, 6.45) is 10.9. The van der Waals surface area contributed by atoms with Crippen molar-refractivity contribution in [3.8, 4) is 0 Å². The van der Waals surface area contributed by atoms with E-state index >= 15 is 0 Å². The van der Waals surface area contributed by atoms with Gasteiger partial charge in [0.25, 0.3) is 0 Å². The molecule has 0 spiro atoms. The highest BCUT2D eigenvalue weighted by Gasteiger charge is 2.43. The Hall–Kier alpha value is -1.30. The molecule has 0 aromatic carbocycles. The molecule has 2 aliphatic heterocycles. The van der Waals surface area contributed by atoms with Crippen LogP contribution in [0.15, 0.2) is 12.3 Å². The zero-order chi connectivity index (χ0) is 17.2. The maximum Gasteiger partial charge on any atom is 0.225 e. The number of hydrogen-bond acceptors (Lipinski definition) is 5. The van der Waals surface area contributed by atoms with Crippen molar-refractivity contribution in [3.63, 3.8) is 0 Å². The molecule has 3 fully saturated rings. The summed E-state index contributed by atoms with van der Waals surface area (Å²) in [5.74, 6) is 3.31. The molecule has 3 aliphatic rings. The summed E-state index contributed by atoms with van der Waals surface area (Å²) >= 11 is 1.75. The van der Waals surface area contributed by atoms with E-state index in [-0.39, 0.29) is 0 Å². The Kier molecular flexibility index (Phi) is 5.15. The van der Waals surface area contributed by atoms with Gasteiger partial charge in [0.15, 0.2) is 0 Å². The van der Waals surface area contributed by atoms with Gasteiger partial charge >= 0.3 is 0 Å². The molecule has 1 aliphatic carbocycles. The number of carbonyl (C=O) groups is 1. The third kappa shape index (κ3) is 3.50. The van der Waals surface area contributed by atoms with E-state index in [1.165, 1.54) is 31.4 Å². The number of amides is 1. The molecule has 3 heterocycles. The molecule has 2 saturated heterocycles. The first-order chi connectivity index (χ1) is 12.3. The first kappa shape index (κ1) is 17.1. The first-order valence-corrected chi connectivity index (χ1v) is 11.0. The number of likely N-dealkylation sites (tertiary alicyclic amines) is 1. The lowest BCUT2D eigenvalue weighted by Gasteiger charge is -2.25. The van der Waals surface area contributed by atoms with Crippen LogP contribution in [0.5, 0.6) is 0 Å². The number of thioether (sulfide) groups is 1. The van der Waals surface area contributed by atoms with E-state index in [2.05, 4.69) is 27.1 Å². The average molecular weight is 361 g/mol. The number of aromatic nitrogens is 2. The normalized spacial score (nSPS) is 26.4. The van der Waals surface area contributed by atoms with Crippen LogP contribution in [-0.4, -0.2) is 58.5 Å². The maximum absolute atomic E-state index is 12.5. The lowest BCUT2D eigenvalue weighted by molar-refractivity contribution is -0.131. The molecule has 6 heteroatoms. The van der Waals surface area contributed by atoms with Gasteiger partial charge in [-0.15, -0.1) is 0 Å². The van der Waals surface area contributed by atoms with E-state index in [1.807, 2.05) is 6.20 Å². The smallest absolute Gasteiger partial charge is 0.225 e. The van der Waals surface area contributed by atoms with Gasteiger partial charge in [0.05, 0.1) is 6.04 Å². The molecule has 25 heavy (non-hydrogen) atoms. The van der Waals surface area contributed by atoms with Gasteiger partial charge in [-0.05, 0) is 31.6 Å². The predicted molar refractivity (Wildman–Crippen MR) is 102 cm³/mol. The predicted octanol–water partition coefficient (Wildman–Crippen LogP) is 2.92. The molecule has 0 N–H and O–H groups in total. The molecular weight excluding hydrogens is 332 g/mol. The van der Waals surface area contributed by atoms with Crippen LogP contribution in [0.2, 0.25) is 0 Å². The summed E-state index contributed by atoms with van der Waals surface area (Å²) in [5.41, 5.74) is 1.22. The molecule has 1 amide bonds. The lowest BCUT2D eigenvalue weighted by Crippen LogP contribution is -2.40. The van der Waals surface area contributed by atoms with E-state index in [0.29, 0.717) is 30.2 Å². The van der Waals surface area contributed by atoms with Gasteiger partial charge in [0.1, 0.15) is 0 Å². The van der Waals surface area contributed by atoms with E-state index in [1.54, 1.807) is 11.8 Å². The zero-order valence-corrected chi connectivity index (χ0v) is 15.9. The standard InChI is InChI=1S/C19H28N4OS/c1-25-11-8-18(24)23-10-7-15-12-22(13-17(15)23)19-20-9-6-16(21-19)14-4-2-3-5-14/h6,9,14-15,17H,2-5,7-8,10-13H2,1H3/t15-,17+/m0/s1. The number of anilines is 1. The number of carbonyl (C=O) groups excluding carboxylic acids is 1. The molecule has 0 radical (unpaired) electrons. The van der Waals surface area contributed by atoms with Gasteiger partial charge in [-0.3, -0.25) is 4.79 Å². The molecule has 4 rings (SSSR count). The van der Waals surface area contributed by atoms with Gasteiger partial charge in [-0.25, -0.2) is 9.97 Å². The summed E-state index contributed by atoms with van der Waals surface area (Å²) in [5, 5.41) is 0. The number of nitrogens with zero attached hydrogens (tertiary/aromatic N) is 4. The quantitative estimate of drug-likeness (QED) is 0.808. The molecular formula is C19H28N4OS. The van der Waals surface area contributed by atoms with Crippen molar-refractivity contribution in [2.24, 2.45) is 5.92 Å². The van der Waals surface area contributed by atoms with Crippen LogP contribution in [-0.2, 0) is 4.79 Å². The van der Waals surface area contributed by atoms with Crippen molar-refractivity contribution in [2.75, 3.05) is 36.5 Å². The Bertz CT molecular complexity index is 619. The van der Waals surface area contributed by atoms with Crippen LogP contribution >= 0.6 is 11.8 Å². The Balaban J connectivity index is 1.44. The number of hydrogen-bond donors (Lipinski definition) is 0. The second-order valence-electron chi connectivity index (χ2n) is 7.61. The molecule has 136 valence electrons. The largest absolute Gasteiger partial charge is 0.338 e. The van der Waals surface area contributed by atoms with Crippen molar-refractivity contribution >= 4 is 23.6 Å². The van der Waals surface area contributed by atoms with Crippen molar-refractivity contribution in [1.82, 2.24) is 14.9 Å². The van der Waals surface area contributed by atoms with Gasteiger partial charge in [-0.2, -0.15) is 11.8 Å². The lowest BCUT2D eigenvalue weighted by atomic mass is 10.0. The molecule has 1 aromatic heterocycles. The second kappa shape index (κ2) is 7.52. The topological polar surface area (TPSA) is 49.3 Å². The second-order valence-corrected chi connectivity index (χ2v) is 8.60. The van der Waals surface area contributed by atoms with Crippen LogP contribution in [0, 0.1) is 5.92 Å². The fourth-order valence-corrected chi connectivity index (χ4v) is 5.11. The Morgan fingerprint density at radius 1 is 1.28 bits per heavy atom. The fraction of sp³-hybridized carbons (Fsp3) is 0.737. The molecule has 1 saturated carbocycles. The molecule has 5 nitrogen and oxygen atoms in total. The van der Waals surface area contributed by atoms with E-state index < -0.39 is 0 Å². The van der Waals surface area contributed by atoms with Crippen molar-refractivity contribution in [2.45, 2.75) is 50.5 Å². The third-order valence-electron chi connectivity index (χ3n) is 6.11. The van der Waals surface area contributed by atoms with Gasteiger partial charge in [0.2, 0.25) is 11.9 Å². The van der Waals surface area contributed by atoms with Crippen LogP contribution in [0.25, 0.3) is 0 Å². The highest BCUT2D eigenvalue weighted by molar-refractivity contribution is 7.98. The monoisotopic (exact) mass is 360 g/mol. The Morgan fingerprint density at radius 3 is 2.92 bits per heavy atom. The van der Waals surface area contributed by atoms with Gasteiger partial charge < -0.3 is 9.80 Å². The number of rotatable bonds is 5. The zero-order valence-electron chi connectivity index (χ0n) is 15.1. The molecule has 0 unspecified atom stereocenters. The van der Waals surface area contributed by atoms with Crippen molar-refractivity contribution < 1.29 is 4.79 Å². The summed E-state index contributed by atoms with van der Waals surface area (Å²) < 4.78 is 0. The summed E-state index contributed by atoms with van der Waals surface area (Å²) in [7, 11) is 0. The minimum atomic E-state index is 0.323. The van der Waals surface area contributed by atoms with Crippen LogP contribution in [0.1, 0.15) is 50.1 Å².